The summed E-state index contributed by atoms with van der Waals surface area (Å²) in [7, 11) is -3.62. The predicted molar refractivity (Wildman–Crippen MR) is 167 cm³/mol. The third kappa shape index (κ3) is 10.1. The Kier molecular flexibility index (Phi) is 12.1. The molecule has 7 nitrogen and oxygen atoms in total. The van der Waals surface area contributed by atoms with Gasteiger partial charge in [-0.05, 0) is 61.2 Å². The van der Waals surface area contributed by atoms with Crippen molar-refractivity contribution < 1.29 is 18.0 Å². The predicted octanol–water partition coefficient (Wildman–Crippen LogP) is 6.09. The van der Waals surface area contributed by atoms with Gasteiger partial charge >= 0.3 is 0 Å². The van der Waals surface area contributed by atoms with E-state index >= 15 is 0 Å². The quantitative estimate of drug-likeness (QED) is 0.237. The minimum absolute atomic E-state index is 0.0368. The third-order valence-electron chi connectivity index (χ3n) is 6.76. The Morgan fingerprint density at radius 1 is 0.902 bits per heavy atom. The molecule has 3 aromatic carbocycles. The largest absolute Gasteiger partial charge is 0.352 e. The summed E-state index contributed by atoms with van der Waals surface area (Å²) in [6.45, 7) is 4.17. The highest BCUT2D eigenvalue weighted by Crippen LogP contribution is 2.23. The number of hydrogen-bond donors (Lipinski definition) is 1. The van der Waals surface area contributed by atoms with Gasteiger partial charge in [0.25, 0.3) is 0 Å². The number of hydrogen-bond acceptors (Lipinski definition) is 4. The molecule has 0 saturated heterocycles. The van der Waals surface area contributed by atoms with Gasteiger partial charge in [0.05, 0.1) is 11.9 Å². The molecule has 10 heteroatoms. The van der Waals surface area contributed by atoms with Crippen LogP contribution in [0.3, 0.4) is 0 Å². The van der Waals surface area contributed by atoms with Crippen molar-refractivity contribution in [2.45, 2.75) is 58.2 Å². The molecule has 0 bridgehead atoms. The molecule has 3 rings (SSSR count). The molecule has 0 spiro atoms. The van der Waals surface area contributed by atoms with Crippen LogP contribution in [0.15, 0.2) is 78.9 Å². The van der Waals surface area contributed by atoms with E-state index in [1.165, 1.54) is 4.31 Å². The van der Waals surface area contributed by atoms with Crippen molar-refractivity contribution in [2.75, 3.05) is 17.1 Å². The van der Waals surface area contributed by atoms with Crippen LogP contribution in [-0.4, -0.2) is 50.0 Å². The molecule has 0 aliphatic carbocycles. The van der Waals surface area contributed by atoms with E-state index in [0.717, 1.165) is 23.8 Å². The zero-order chi connectivity index (χ0) is 30.0. The molecule has 0 aliphatic rings. The highest BCUT2D eigenvalue weighted by molar-refractivity contribution is 7.92. The van der Waals surface area contributed by atoms with E-state index in [9.17, 15) is 18.0 Å². The van der Waals surface area contributed by atoms with Gasteiger partial charge in [0.2, 0.25) is 21.8 Å². The van der Waals surface area contributed by atoms with Crippen LogP contribution >= 0.6 is 23.2 Å². The van der Waals surface area contributed by atoms with E-state index < -0.39 is 16.1 Å². The summed E-state index contributed by atoms with van der Waals surface area (Å²) in [5.41, 5.74) is 2.14. The summed E-state index contributed by atoms with van der Waals surface area (Å²) in [6, 6.07) is 22.5. The van der Waals surface area contributed by atoms with Crippen molar-refractivity contribution in [3.05, 3.63) is 100 Å². The van der Waals surface area contributed by atoms with Gasteiger partial charge in [-0.15, -0.1) is 0 Å². The number of nitrogens with one attached hydrogen (secondary N) is 1. The summed E-state index contributed by atoms with van der Waals surface area (Å²) in [5, 5.41) is 3.99. The molecule has 2 unspecified atom stereocenters. The second-order valence-corrected chi connectivity index (χ2v) is 12.9. The number of halogens is 2. The van der Waals surface area contributed by atoms with Gasteiger partial charge < -0.3 is 10.2 Å². The van der Waals surface area contributed by atoms with Gasteiger partial charge in [0, 0.05) is 42.0 Å². The van der Waals surface area contributed by atoms with Crippen molar-refractivity contribution in [1.82, 2.24) is 10.2 Å². The van der Waals surface area contributed by atoms with E-state index in [2.05, 4.69) is 5.32 Å². The number of anilines is 1. The third-order valence-corrected chi connectivity index (χ3v) is 8.43. The Morgan fingerprint density at radius 2 is 1.54 bits per heavy atom. The average Bonchev–Trinajstić information content (AvgIpc) is 2.92. The molecule has 0 radical (unpaired) electrons. The Labute approximate surface area is 253 Å². The Balaban J connectivity index is 1.89. The van der Waals surface area contributed by atoms with Crippen molar-refractivity contribution >= 4 is 50.7 Å². The standard InChI is InChI=1S/C31H37Cl2N3O4S/c1-4-23(2)34-31(38)29(20-24-11-6-5-7-12-24)35(22-25-13-8-14-26(32)19-25)30(37)17-10-18-36(41(3,39)40)28-16-9-15-27(33)21-28/h5-9,11-16,19,21,23,29H,4,10,17-18,20,22H2,1-3H3,(H,34,38). The molecular weight excluding hydrogens is 581 g/mol. The van der Waals surface area contributed by atoms with E-state index in [4.69, 9.17) is 23.2 Å². The van der Waals surface area contributed by atoms with Crippen LogP contribution in [0.25, 0.3) is 0 Å². The molecule has 0 saturated carbocycles. The molecule has 0 aliphatic heterocycles. The minimum atomic E-state index is -3.62. The topological polar surface area (TPSA) is 86.8 Å². The molecule has 0 heterocycles. The number of amides is 2. The minimum Gasteiger partial charge on any atom is -0.352 e. The summed E-state index contributed by atoms with van der Waals surface area (Å²) in [4.78, 5) is 29.1. The first-order valence-electron chi connectivity index (χ1n) is 13.6. The van der Waals surface area contributed by atoms with E-state index in [1.54, 1.807) is 47.4 Å². The fourth-order valence-corrected chi connectivity index (χ4v) is 5.82. The lowest BCUT2D eigenvalue weighted by atomic mass is 10.0. The number of carbonyl (C=O) groups is 2. The molecule has 2 atom stereocenters. The first kappa shape index (κ1) is 32.4. The number of sulfonamides is 1. The van der Waals surface area contributed by atoms with Crippen molar-refractivity contribution in [3.63, 3.8) is 0 Å². The zero-order valence-electron chi connectivity index (χ0n) is 23.6. The number of nitrogens with zero attached hydrogens (tertiary/aromatic N) is 2. The maximum atomic E-state index is 13.9. The fourth-order valence-electron chi connectivity index (χ4n) is 4.46. The molecule has 2 amide bonds. The molecule has 1 N–H and O–H groups in total. The number of benzene rings is 3. The van der Waals surface area contributed by atoms with E-state index in [1.807, 2.05) is 50.2 Å². The second-order valence-electron chi connectivity index (χ2n) is 10.1. The summed E-state index contributed by atoms with van der Waals surface area (Å²) in [5.74, 6) is -0.500. The lowest BCUT2D eigenvalue weighted by molar-refractivity contribution is -0.141. The van der Waals surface area contributed by atoms with Gasteiger partial charge in [0.15, 0.2) is 0 Å². The SMILES string of the molecule is CCC(C)NC(=O)C(Cc1ccccc1)N(Cc1cccc(Cl)c1)C(=O)CCCN(c1cccc(Cl)c1)S(C)(=O)=O. The maximum absolute atomic E-state index is 13.9. The van der Waals surface area contributed by atoms with E-state index in [0.29, 0.717) is 22.2 Å². The van der Waals surface area contributed by atoms with Gasteiger partial charge in [-0.2, -0.15) is 0 Å². The average molecular weight is 619 g/mol. The van der Waals surface area contributed by atoms with Crippen LogP contribution in [0.5, 0.6) is 0 Å². The van der Waals surface area contributed by atoms with Crippen molar-refractivity contribution in [3.8, 4) is 0 Å². The Hall–Kier alpha value is -3.07. The monoisotopic (exact) mass is 617 g/mol. The highest BCUT2D eigenvalue weighted by atomic mass is 35.5. The van der Waals surface area contributed by atoms with E-state index in [-0.39, 0.29) is 43.8 Å². The molecule has 3 aromatic rings. The van der Waals surface area contributed by atoms with Crippen LogP contribution in [0, 0.1) is 0 Å². The van der Waals surface area contributed by atoms with Gasteiger partial charge in [-0.25, -0.2) is 8.42 Å². The molecule has 220 valence electrons. The number of rotatable bonds is 14. The van der Waals surface area contributed by atoms with Crippen molar-refractivity contribution in [1.29, 1.82) is 0 Å². The van der Waals surface area contributed by atoms with Crippen LogP contribution in [-0.2, 0) is 32.6 Å². The number of carbonyl (C=O) groups excluding carboxylic acids is 2. The second kappa shape index (κ2) is 15.2. The van der Waals surface area contributed by atoms with Crippen LogP contribution in [0.1, 0.15) is 44.2 Å². The van der Waals surface area contributed by atoms with Gasteiger partial charge in [-0.1, -0.05) is 78.7 Å². The smallest absolute Gasteiger partial charge is 0.243 e. The Morgan fingerprint density at radius 3 is 2.15 bits per heavy atom. The van der Waals surface area contributed by atoms with Gasteiger partial charge in [0.1, 0.15) is 6.04 Å². The molecule has 0 aromatic heterocycles. The summed E-state index contributed by atoms with van der Waals surface area (Å²) in [6.07, 6.45) is 2.48. The highest BCUT2D eigenvalue weighted by Gasteiger charge is 2.31. The zero-order valence-corrected chi connectivity index (χ0v) is 25.9. The lowest BCUT2D eigenvalue weighted by Gasteiger charge is -2.32. The van der Waals surface area contributed by atoms with Crippen LogP contribution in [0.4, 0.5) is 5.69 Å². The van der Waals surface area contributed by atoms with Crippen LogP contribution in [0.2, 0.25) is 10.0 Å². The van der Waals surface area contributed by atoms with Gasteiger partial charge in [-0.3, -0.25) is 13.9 Å². The molecule has 41 heavy (non-hydrogen) atoms. The fraction of sp³-hybridized carbons (Fsp3) is 0.355. The first-order valence-corrected chi connectivity index (χ1v) is 16.2. The van der Waals surface area contributed by atoms with Crippen molar-refractivity contribution in [2.24, 2.45) is 0 Å². The summed E-state index contributed by atoms with van der Waals surface area (Å²) >= 11 is 12.3. The molecular formula is C31H37Cl2N3O4S. The normalized spacial score (nSPS) is 12.8. The lowest BCUT2D eigenvalue weighted by Crippen LogP contribution is -2.52. The first-order chi connectivity index (χ1) is 19.5. The summed E-state index contributed by atoms with van der Waals surface area (Å²) < 4.78 is 26.4. The Bertz CT molecular complexity index is 1420. The molecule has 0 fully saturated rings. The van der Waals surface area contributed by atoms with Crippen LogP contribution < -0.4 is 9.62 Å². The maximum Gasteiger partial charge on any atom is 0.243 e.